The molecule has 0 amide bonds. The summed E-state index contributed by atoms with van der Waals surface area (Å²) in [6, 6.07) is 1.69. The molecule has 1 aliphatic rings. The van der Waals surface area contributed by atoms with Crippen LogP contribution in [0.25, 0.3) is 5.57 Å². The number of aryl methyl sites for hydroxylation is 1. The average Bonchev–Trinajstić information content (AvgIpc) is 2.94. The largest absolute Gasteiger partial charge is 0.422 e. The van der Waals surface area contributed by atoms with Crippen molar-refractivity contribution in [2.45, 2.75) is 19.4 Å². The molecular weight excluding hydrogens is 292 g/mol. The molecule has 7 heteroatoms. The maximum atomic E-state index is 10.2. The van der Waals surface area contributed by atoms with Gasteiger partial charge in [-0.2, -0.15) is 0 Å². The van der Waals surface area contributed by atoms with Crippen LogP contribution >= 0.6 is 11.6 Å². The minimum absolute atomic E-state index is 0.138. The molecule has 2 aromatic rings. The first-order valence-electron chi connectivity index (χ1n) is 6.69. The van der Waals surface area contributed by atoms with E-state index in [0.29, 0.717) is 16.5 Å². The van der Waals surface area contributed by atoms with Crippen LogP contribution in [0.3, 0.4) is 0 Å². The SMILES string of the molecule is Cc1nnc(C(O)c2cnc(C3=CCNCC3)c(Cl)c2)o1. The van der Waals surface area contributed by atoms with E-state index in [4.69, 9.17) is 16.0 Å². The number of hydrogen-bond acceptors (Lipinski definition) is 6. The van der Waals surface area contributed by atoms with Gasteiger partial charge in [0.15, 0.2) is 6.10 Å². The van der Waals surface area contributed by atoms with Crippen molar-refractivity contribution in [1.29, 1.82) is 0 Å². The van der Waals surface area contributed by atoms with Gasteiger partial charge in [-0.1, -0.05) is 17.7 Å². The lowest BCUT2D eigenvalue weighted by Gasteiger charge is -2.15. The highest BCUT2D eigenvalue weighted by Gasteiger charge is 2.19. The van der Waals surface area contributed by atoms with Crippen LogP contribution < -0.4 is 5.32 Å². The molecule has 2 N–H and O–H groups in total. The maximum Gasteiger partial charge on any atom is 0.249 e. The topological polar surface area (TPSA) is 84.1 Å². The second-order valence-electron chi connectivity index (χ2n) is 4.84. The number of halogens is 1. The summed E-state index contributed by atoms with van der Waals surface area (Å²) in [5.41, 5.74) is 2.41. The fourth-order valence-corrected chi connectivity index (χ4v) is 2.54. The first-order valence-corrected chi connectivity index (χ1v) is 7.06. The second kappa shape index (κ2) is 5.93. The molecule has 0 aromatic carbocycles. The number of aliphatic hydroxyl groups excluding tert-OH is 1. The second-order valence-corrected chi connectivity index (χ2v) is 5.25. The summed E-state index contributed by atoms with van der Waals surface area (Å²) in [5, 5.41) is 21.5. The van der Waals surface area contributed by atoms with Crippen molar-refractivity contribution in [3.05, 3.63) is 46.4 Å². The Bertz CT molecular complexity index is 683. The molecule has 1 atom stereocenters. The standard InChI is InChI=1S/C14H15ClN4O2/c1-8-18-19-14(21-8)13(20)10-6-11(15)12(17-7-10)9-2-4-16-5-3-9/h2,6-7,13,16,20H,3-5H2,1H3. The van der Waals surface area contributed by atoms with E-state index in [9.17, 15) is 5.11 Å². The molecule has 0 fully saturated rings. The van der Waals surface area contributed by atoms with Gasteiger partial charge >= 0.3 is 0 Å². The summed E-state index contributed by atoms with van der Waals surface area (Å²) in [6.07, 6.45) is 3.54. The number of rotatable bonds is 3. The van der Waals surface area contributed by atoms with Crippen LogP contribution in [0.4, 0.5) is 0 Å². The summed E-state index contributed by atoms with van der Waals surface area (Å²) in [6.45, 7) is 3.40. The predicted molar refractivity (Wildman–Crippen MR) is 77.8 cm³/mol. The van der Waals surface area contributed by atoms with Crippen molar-refractivity contribution >= 4 is 17.2 Å². The van der Waals surface area contributed by atoms with Crippen LogP contribution in [0.1, 0.15) is 35.6 Å². The van der Waals surface area contributed by atoms with Gasteiger partial charge in [-0.05, 0) is 24.6 Å². The Morgan fingerprint density at radius 1 is 1.43 bits per heavy atom. The lowest BCUT2D eigenvalue weighted by atomic mass is 10.0. The first-order chi connectivity index (χ1) is 10.1. The monoisotopic (exact) mass is 306 g/mol. The molecule has 21 heavy (non-hydrogen) atoms. The Morgan fingerprint density at radius 2 is 2.29 bits per heavy atom. The molecule has 3 heterocycles. The highest BCUT2D eigenvalue weighted by atomic mass is 35.5. The first kappa shape index (κ1) is 14.2. The molecule has 1 aliphatic heterocycles. The van der Waals surface area contributed by atoms with Crippen molar-refractivity contribution in [2.75, 3.05) is 13.1 Å². The van der Waals surface area contributed by atoms with Gasteiger partial charge < -0.3 is 14.8 Å². The van der Waals surface area contributed by atoms with E-state index < -0.39 is 6.10 Å². The van der Waals surface area contributed by atoms with Crippen LogP contribution in [-0.4, -0.2) is 33.4 Å². The molecular formula is C14H15ClN4O2. The lowest BCUT2D eigenvalue weighted by molar-refractivity contribution is 0.180. The van der Waals surface area contributed by atoms with Crippen LogP contribution in [0.2, 0.25) is 5.02 Å². The summed E-state index contributed by atoms with van der Waals surface area (Å²) in [5.74, 6) is 0.541. The zero-order valence-electron chi connectivity index (χ0n) is 11.5. The number of nitrogens with zero attached hydrogens (tertiary/aromatic N) is 3. The molecule has 0 aliphatic carbocycles. The quantitative estimate of drug-likeness (QED) is 0.901. The van der Waals surface area contributed by atoms with Crippen LogP contribution in [0.15, 0.2) is 22.8 Å². The Balaban J connectivity index is 1.88. The number of nitrogens with one attached hydrogen (secondary N) is 1. The van der Waals surface area contributed by atoms with Gasteiger partial charge in [0.2, 0.25) is 11.8 Å². The highest BCUT2D eigenvalue weighted by molar-refractivity contribution is 6.32. The summed E-state index contributed by atoms with van der Waals surface area (Å²) in [4.78, 5) is 4.38. The molecule has 6 nitrogen and oxygen atoms in total. The molecule has 110 valence electrons. The lowest BCUT2D eigenvalue weighted by Crippen LogP contribution is -2.20. The minimum atomic E-state index is -1.02. The number of aromatic nitrogens is 3. The van der Waals surface area contributed by atoms with E-state index in [1.54, 1.807) is 19.2 Å². The van der Waals surface area contributed by atoms with Gasteiger partial charge in [0.1, 0.15) is 0 Å². The normalized spacial score (nSPS) is 16.6. The molecule has 0 spiro atoms. The zero-order valence-corrected chi connectivity index (χ0v) is 12.3. The van der Waals surface area contributed by atoms with Crippen LogP contribution in [0.5, 0.6) is 0 Å². The molecule has 0 saturated heterocycles. The Morgan fingerprint density at radius 3 is 2.90 bits per heavy atom. The molecule has 0 bridgehead atoms. The van der Waals surface area contributed by atoms with E-state index in [-0.39, 0.29) is 5.89 Å². The maximum absolute atomic E-state index is 10.2. The zero-order chi connectivity index (χ0) is 14.8. The molecule has 0 radical (unpaired) electrons. The number of pyridine rings is 1. The van der Waals surface area contributed by atoms with E-state index in [1.165, 1.54) is 0 Å². The third-order valence-electron chi connectivity index (χ3n) is 3.32. The van der Waals surface area contributed by atoms with Crippen molar-refractivity contribution in [1.82, 2.24) is 20.5 Å². The van der Waals surface area contributed by atoms with Gasteiger partial charge in [0, 0.05) is 25.2 Å². The van der Waals surface area contributed by atoms with Crippen molar-refractivity contribution < 1.29 is 9.52 Å². The van der Waals surface area contributed by atoms with Crippen molar-refractivity contribution in [3.8, 4) is 0 Å². The van der Waals surface area contributed by atoms with Gasteiger partial charge in [0.25, 0.3) is 0 Å². The van der Waals surface area contributed by atoms with E-state index in [2.05, 4.69) is 26.6 Å². The van der Waals surface area contributed by atoms with Crippen LogP contribution in [-0.2, 0) is 0 Å². The fourth-order valence-electron chi connectivity index (χ4n) is 2.24. The van der Waals surface area contributed by atoms with E-state index in [0.717, 1.165) is 30.8 Å². The summed E-state index contributed by atoms with van der Waals surface area (Å²) >= 11 is 6.30. The Labute approximate surface area is 126 Å². The van der Waals surface area contributed by atoms with Crippen molar-refractivity contribution in [3.63, 3.8) is 0 Å². The Hall–Kier alpha value is -1.76. The number of hydrogen-bond donors (Lipinski definition) is 2. The Kier molecular flexibility index (Phi) is 4.01. The van der Waals surface area contributed by atoms with Gasteiger partial charge in [-0.25, -0.2) is 0 Å². The predicted octanol–water partition coefficient (Wildman–Crippen LogP) is 1.88. The third kappa shape index (κ3) is 2.97. The molecule has 0 saturated carbocycles. The molecule has 3 rings (SSSR count). The van der Waals surface area contributed by atoms with Crippen LogP contribution in [0, 0.1) is 6.92 Å². The van der Waals surface area contributed by atoms with Crippen molar-refractivity contribution in [2.24, 2.45) is 0 Å². The fraction of sp³-hybridized carbons (Fsp3) is 0.357. The summed E-state index contributed by atoms with van der Waals surface area (Å²) in [7, 11) is 0. The highest BCUT2D eigenvalue weighted by Crippen LogP contribution is 2.29. The van der Waals surface area contributed by atoms with Gasteiger partial charge in [-0.15, -0.1) is 10.2 Å². The smallest absolute Gasteiger partial charge is 0.249 e. The molecule has 1 unspecified atom stereocenters. The van der Waals surface area contributed by atoms with Gasteiger partial charge in [-0.3, -0.25) is 4.98 Å². The summed E-state index contributed by atoms with van der Waals surface area (Å²) < 4.78 is 5.22. The average molecular weight is 307 g/mol. The number of aliphatic hydroxyl groups is 1. The molecule has 2 aromatic heterocycles. The third-order valence-corrected chi connectivity index (χ3v) is 3.61. The van der Waals surface area contributed by atoms with Gasteiger partial charge in [0.05, 0.1) is 10.7 Å². The van der Waals surface area contributed by atoms with E-state index in [1.807, 2.05) is 0 Å². The van der Waals surface area contributed by atoms with E-state index >= 15 is 0 Å². The minimum Gasteiger partial charge on any atom is -0.422 e.